The summed E-state index contributed by atoms with van der Waals surface area (Å²) < 4.78 is 5.02. The Morgan fingerprint density at radius 2 is 1.68 bits per heavy atom. The first-order chi connectivity index (χ1) is 10.6. The molecule has 7 nitrogen and oxygen atoms in total. The maximum Gasteiger partial charge on any atom is 0.312 e. The van der Waals surface area contributed by atoms with Gasteiger partial charge < -0.3 is 20.7 Å². The molecule has 0 saturated carbocycles. The van der Waals surface area contributed by atoms with Gasteiger partial charge in [0.1, 0.15) is 0 Å². The molecule has 0 atom stereocenters. The molecule has 126 valence electrons. The highest BCUT2D eigenvalue weighted by Gasteiger charge is 2.16. The minimum atomic E-state index is -0.536. The summed E-state index contributed by atoms with van der Waals surface area (Å²) in [5, 5.41) is 2.49. The molecule has 7 heteroatoms. The molecule has 0 unspecified atom stereocenters. The molecule has 0 spiro atoms. The van der Waals surface area contributed by atoms with Crippen LogP contribution < -0.4 is 11.1 Å². The zero-order valence-corrected chi connectivity index (χ0v) is 13.1. The average molecular weight is 313 g/mol. The van der Waals surface area contributed by atoms with Gasteiger partial charge >= 0.3 is 12.0 Å². The number of urea groups is 1. The third-order valence-electron chi connectivity index (χ3n) is 3.67. The quantitative estimate of drug-likeness (QED) is 0.518. The Morgan fingerprint density at radius 1 is 1.00 bits per heavy atom. The van der Waals surface area contributed by atoms with Gasteiger partial charge in [-0.25, -0.2) is 4.79 Å². The number of ether oxygens (including phenoxy) is 1. The molecule has 0 aliphatic carbocycles. The van der Waals surface area contributed by atoms with Crippen molar-refractivity contribution in [3.8, 4) is 0 Å². The summed E-state index contributed by atoms with van der Waals surface area (Å²) in [6.07, 6.45) is 6.92. The van der Waals surface area contributed by atoms with E-state index >= 15 is 0 Å². The molecule has 1 saturated heterocycles. The fourth-order valence-corrected chi connectivity index (χ4v) is 2.41. The van der Waals surface area contributed by atoms with Crippen molar-refractivity contribution in [2.45, 2.75) is 51.4 Å². The van der Waals surface area contributed by atoms with Crippen molar-refractivity contribution in [3.63, 3.8) is 0 Å². The van der Waals surface area contributed by atoms with Crippen LogP contribution in [0.15, 0.2) is 0 Å². The number of rotatable bonds is 8. The summed E-state index contributed by atoms with van der Waals surface area (Å²) in [6, 6.07) is -0.536. The molecule has 1 heterocycles. The third-order valence-corrected chi connectivity index (χ3v) is 3.67. The summed E-state index contributed by atoms with van der Waals surface area (Å²) >= 11 is 0. The number of hydrogen-bond donors (Lipinski definition) is 2. The highest BCUT2D eigenvalue weighted by Crippen LogP contribution is 2.10. The molecule has 0 radical (unpaired) electrons. The van der Waals surface area contributed by atoms with Crippen LogP contribution in [0.5, 0.6) is 0 Å². The van der Waals surface area contributed by atoms with Gasteiger partial charge in [0.05, 0.1) is 0 Å². The van der Waals surface area contributed by atoms with E-state index in [1.807, 2.05) is 0 Å². The number of likely N-dealkylation sites (tertiary alicyclic amines) is 1. The van der Waals surface area contributed by atoms with Gasteiger partial charge in [-0.05, 0) is 25.7 Å². The second-order valence-corrected chi connectivity index (χ2v) is 5.56. The van der Waals surface area contributed by atoms with Crippen LogP contribution >= 0.6 is 0 Å². The molecular formula is C15H27N3O4. The lowest BCUT2D eigenvalue weighted by Crippen LogP contribution is -2.35. The van der Waals surface area contributed by atoms with E-state index in [4.69, 9.17) is 10.5 Å². The van der Waals surface area contributed by atoms with E-state index < -0.39 is 6.03 Å². The van der Waals surface area contributed by atoms with Crippen molar-refractivity contribution in [1.29, 1.82) is 0 Å². The molecule has 1 fully saturated rings. The van der Waals surface area contributed by atoms with Crippen molar-refractivity contribution in [1.82, 2.24) is 10.2 Å². The second kappa shape index (κ2) is 10.9. The standard InChI is InChI=1S/C15H27N3O4/c16-15(21)17-9-5-3-4-8-14(20)22-12-13(19)18-10-6-1-2-7-11-18/h1-12H2,(H3,16,17,21). The SMILES string of the molecule is NC(=O)NCCCCCC(=O)OCC(=O)N1CCCCCC1. The normalized spacial score (nSPS) is 15.0. The van der Waals surface area contributed by atoms with Crippen molar-refractivity contribution >= 4 is 17.9 Å². The first-order valence-electron chi connectivity index (χ1n) is 8.06. The first-order valence-corrected chi connectivity index (χ1v) is 8.06. The lowest BCUT2D eigenvalue weighted by atomic mass is 10.2. The Hall–Kier alpha value is -1.79. The first kappa shape index (κ1) is 18.3. The predicted octanol–water partition coefficient (Wildman–Crippen LogP) is 1.16. The predicted molar refractivity (Wildman–Crippen MR) is 82.1 cm³/mol. The maximum atomic E-state index is 11.9. The molecule has 0 bridgehead atoms. The molecule has 1 aliphatic heterocycles. The van der Waals surface area contributed by atoms with Crippen LogP contribution in [-0.4, -0.2) is 49.0 Å². The van der Waals surface area contributed by atoms with E-state index in [9.17, 15) is 14.4 Å². The number of esters is 1. The Bertz CT molecular complexity index is 366. The fraction of sp³-hybridized carbons (Fsp3) is 0.800. The Kier molecular flexibility index (Phi) is 9.02. The summed E-state index contributed by atoms with van der Waals surface area (Å²) in [4.78, 5) is 35.7. The molecule has 0 aromatic rings. The third kappa shape index (κ3) is 8.49. The lowest BCUT2D eigenvalue weighted by Gasteiger charge is -2.19. The minimum absolute atomic E-state index is 0.0964. The van der Waals surface area contributed by atoms with Crippen LogP contribution in [0, 0.1) is 0 Å². The van der Waals surface area contributed by atoms with Crippen LogP contribution in [0.1, 0.15) is 51.4 Å². The van der Waals surface area contributed by atoms with Crippen molar-refractivity contribution in [2.24, 2.45) is 5.73 Å². The number of hydrogen-bond acceptors (Lipinski definition) is 4. The van der Waals surface area contributed by atoms with Gasteiger partial charge in [0, 0.05) is 26.1 Å². The number of carbonyl (C=O) groups excluding carboxylic acids is 3. The van der Waals surface area contributed by atoms with Gasteiger partial charge in [-0.2, -0.15) is 0 Å². The van der Waals surface area contributed by atoms with Crippen LogP contribution in [-0.2, 0) is 14.3 Å². The zero-order valence-electron chi connectivity index (χ0n) is 13.1. The van der Waals surface area contributed by atoms with Crippen molar-refractivity contribution < 1.29 is 19.1 Å². The topological polar surface area (TPSA) is 102 Å². The van der Waals surface area contributed by atoms with Crippen LogP contribution in [0.3, 0.4) is 0 Å². The van der Waals surface area contributed by atoms with Gasteiger partial charge in [-0.15, -0.1) is 0 Å². The van der Waals surface area contributed by atoms with E-state index in [2.05, 4.69) is 5.32 Å². The van der Waals surface area contributed by atoms with E-state index in [-0.39, 0.29) is 18.5 Å². The van der Waals surface area contributed by atoms with E-state index in [1.165, 1.54) is 0 Å². The van der Waals surface area contributed by atoms with E-state index in [1.54, 1.807) is 4.90 Å². The number of nitrogens with zero attached hydrogens (tertiary/aromatic N) is 1. The minimum Gasteiger partial charge on any atom is -0.456 e. The molecule has 3 amide bonds. The van der Waals surface area contributed by atoms with Gasteiger partial charge in [0.15, 0.2) is 6.61 Å². The smallest absolute Gasteiger partial charge is 0.312 e. The summed E-state index contributed by atoms with van der Waals surface area (Å²) in [5.74, 6) is -0.438. The zero-order chi connectivity index (χ0) is 16.2. The monoisotopic (exact) mass is 313 g/mol. The number of amides is 3. The van der Waals surface area contributed by atoms with Crippen molar-refractivity contribution in [2.75, 3.05) is 26.2 Å². The number of nitrogens with two attached hydrogens (primary N) is 1. The molecule has 1 aliphatic rings. The molecule has 1 rings (SSSR count). The number of nitrogens with one attached hydrogen (secondary N) is 1. The number of primary amides is 1. The Balaban J connectivity index is 2.04. The molecule has 0 aromatic heterocycles. The van der Waals surface area contributed by atoms with Gasteiger partial charge in [0.25, 0.3) is 5.91 Å². The highest BCUT2D eigenvalue weighted by atomic mass is 16.5. The van der Waals surface area contributed by atoms with Crippen molar-refractivity contribution in [3.05, 3.63) is 0 Å². The maximum absolute atomic E-state index is 11.9. The van der Waals surface area contributed by atoms with Gasteiger partial charge in [-0.1, -0.05) is 19.3 Å². The van der Waals surface area contributed by atoms with Gasteiger partial charge in [0.2, 0.25) is 0 Å². The van der Waals surface area contributed by atoms with Gasteiger partial charge in [-0.3, -0.25) is 9.59 Å². The van der Waals surface area contributed by atoms with Crippen LogP contribution in [0.4, 0.5) is 4.79 Å². The largest absolute Gasteiger partial charge is 0.456 e. The number of carbonyl (C=O) groups is 3. The Morgan fingerprint density at radius 3 is 2.32 bits per heavy atom. The molecule has 22 heavy (non-hydrogen) atoms. The molecule has 3 N–H and O–H groups in total. The summed E-state index contributed by atoms with van der Waals surface area (Å²) in [7, 11) is 0. The summed E-state index contributed by atoms with van der Waals surface area (Å²) in [6.45, 7) is 1.90. The second-order valence-electron chi connectivity index (χ2n) is 5.56. The molecular weight excluding hydrogens is 286 g/mol. The van der Waals surface area contributed by atoms with Crippen LogP contribution in [0.25, 0.3) is 0 Å². The fourth-order valence-electron chi connectivity index (χ4n) is 2.41. The van der Waals surface area contributed by atoms with E-state index in [0.717, 1.165) is 51.6 Å². The average Bonchev–Trinajstić information content (AvgIpc) is 2.77. The van der Waals surface area contributed by atoms with Crippen LogP contribution in [0.2, 0.25) is 0 Å². The number of unbranched alkanes of at least 4 members (excludes halogenated alkanes) is 2. The Labute approximate surface area is 131 Å². The highest BCUT2D eigenvalue weighted by molar-refractivity contribution is 5.80. The summed E-state index contributed by atoms with van der Waals surface area (Å²) in [5.41, 5.74) is 4.93. The lowest BCUT2D eigenvalue weighted by molar-refractivity contribution is -0.152. The molecule has 0 aromatic carbocycles. The van der Waals surface area contributed by atoms with E-state index in [0.29, 0.717) is 19.4 Å².